The molecule has 2 heterocycles. The number of allylic oxidation sites excluding steroid dienone is 1. The first-order chi connectivity index (χ1) is 17.2. The molecule has 0 saturated carbocycles. The molecule has 2 aromatic carbocycles. The maximum atomic E-state index is 13.7. The van der Waals surface area contributed by atoms with Crippen LogP contribution in [0.2, 0.25) is 0 Å². The molecule has 3 aromatic rings. The molecule has 0 amide bonds. The van der Waals surface area contributed by atoms with Gasteiger partial charge in [0.2, 0.25) is 0 Å². The van der Waals surface area contributed by atoms with E-state index in [9.17, 15) is 14.7 Å². The number of anilines is 1. The lowest BCUT2D eigenvalue weighted by molar-refractivity contribution is -0.139. The Morgan fingerprint density at radius 3 is 2.53 bits per heavy atom. The van der Waals surface area contributed by atoms with Crippen molar-refractivity contribution in [2.24, 2.45) is 4.99 Å². The number of hydrogen-bond acceptors (Lipinski definition) is 8. The summed E-state index contributed by atoms with van der Waals surface area (Å²) < 4.78 is 12.8. The van der Waals surface area contributed by atoms with E-state index < -0.39 is 12.0 Å². The highest BCUT2D eigenvalue weighted by Crippen LogP contribution is 2.32. The molecular weight excluding hydrogens is 478 g/mol. The van der Waals surface area contributed by atoms with Gasteiger partial charge < -0.3 is 19.5 Å². The molecule has 1 atom stereocenters. The van der Waals surface area contributed by atoms with Gasteiger partial charge in [-0.15, -0.1) is 0 Å². The average molecular weight is 508 g/mol. The van der Waals surface area contributed by atoms with Gasteiger partial charge in [0.05, 0.1) is 35.1 Å². The van der Waals surface area contributed by atoms with Gasteiger partial charge >= 0.3 is 5.97 Å². The lowest BCUT2D eigenvalue weighted by Crippen LogP contribution is -2.39. The first-order valence-corrected chi connectivity index (χ1v) is 12.5. The Morgan fingerprint density at radius 1 is 1.17 bits per heavy atom. The molecule has 0 saturated heterocycles. The number of esters is 1. The van der Waals surface area contributed by atoms with Gasteiger partial charge in [0.1, 0.15) is 0 Å². The maximum absolute atomic E-state index is 13.7. The summed E-state index contributed by atoms with van der Waals surface area (Å²) in [5.74, 6) is -0.112. The van der Waals surface area contributed by atoms with Gasteiger partial charge in [-0.2, -0.15) is 0 Å². The molecule has 4 rings (SSSR count). The fraction of sp³-hybridized carbons (Fsp3) is 0.296. The van der Waals surface area contributed by atoms with Crippen LogP contribution in [-0.4, -0.2) is 43.0 Å². The normalized spacial score (nSPS) is 15.4. The van der Waals surface area contributed by atoms with Crippen LogP contribution in [-0.2, 0) is 9.53 Å². The number of fused-ring (bicyclic) bond motifs is 1. The van der Waals surface area contributed by atoms with Crippen LogP contribution in [0.4, 0.5) is 5.69 Å². The first kappa shape index (κ1) is 25.2. The number of ether oxygens (including phenoxy) is 2. The van der Waals surface area contributed by atoms with Gasteiger partial charge in [-0.1, -0.05) is 29.5 Å². The van der Waals surface area contributed by atoms with Crippen molar-refractivity contribution < 1.29 is 19.4 Å². The van der Waals surface area contributed by atoms with Crippen LogP contribution in [0, 0.1) is 0 Å². The number of thiazole rings is 1. The molecule has 0 bridgehead atoms. The molecule has 0 fully saturated rings. The summed E-state index contributed by atoms with van der Waals surface area (Å²) in [6, 6.07) is 12.0. The van der Waals surface area contributed by atoms with Crippen LogP contribution in [0.15, 0.2) is 63.5 Å². The quantitative estimate of drug-likeness (QED) is 0.495. The van der Waals surface area contributed by atoms with Crippen LogP contribution >= 0.6 is 11.3 Å². The summed E-state index contributed by atoms with van der Waals surface area (Å²) in [6.45, 7) is 5.96. The zero-order valence-electron chi connectivity index (χ0n) is 20.9. The van der Waals surface area contributed by atoms with Gasteiger partial charge in [0.25, 0.3) is 5.56 Å². The number of aromatic nitrogens is 1. The minimum absolute atomic E-state index is 0.0336. The van der Waals surface area contributed by atoms with Gasteiger partial charge in [-0.25, -0.2) is 9.79 Å². The number of aromatic hydroxyl groups is 1. The predicted octanol–water partition coefficient (Wildman–Crippen LogP) is 2.97. The number of phenols is 1. The lowest BCUT2D eigenvalue weighted by Gasteiger charge is -2.25. The fourth-order valence-electron chi connectivity index (χ4n) is 4.10. The van der Waals surface area contributed by atoms with Gasteiger partial charge in [-0.05, 0) is 62.2 Å². The van der Waals surface area contributed by atoms with E-state index in [0.29, 0.717) is 38.5 Å². The topological polar surface area (TPSA) is 93.4 Å². The van der Waals surface area contributed by atoms with Crippen molar-refractivity contribution in [1.82, 2.24) is 4.57 Å². The molecular formula is C27H29N3O5S. The second kappa shape index (κ2) is 10.4. The molecule has 36 heavy (non-hydrogen) atoms. The van der Waals surface area contributed by atoms with E-state index in [2.05, 4.69) is 4.99 Å². The van der Waals surface area contributed by atoms with Crippen LogP contribution < -0.4 is 24.5 Å². The van der Waals surface area contributed by atoms with Crippen molar-refractivity contribution in [1.29, 1.82) is 0 Å². The smallest absolute Gasteiger partial charge is 0.338 e. The minimum atomic E-state index is -0.669. The Bertz CT molecular complexity index is 1500. The molecule has 0 radical (unpaired) electrons. The molecule has 188 valence electrons. The summed E-state index contributed by atoms with van der Waals surface area (Å²) in [6.07, 6.45) is 1.74. The number of phenolic OH excluding ortho intramolecular Hbond substituents is 1. The summed E-state index contributed by atoms with van der Waals surface area (Å²) in [7, 11) is 3.90. The highest BCUT2D eigenvalue weighted by atomic mass is 32.1. The average Bonchev–Trinajstić information content (AvgIpc) is 3.15. The third-order valence-electron chi connectivity index (χ3n) is 5.82. The standard InChI is InChI=1S/C27H29N3O5S/c1-6-34-21-14-17(8-13-20(21)31)15-22-25(32)30-24(18-9-11-19(12-10-18)29(4)5)23(26(33)35-7-2)16(3)28-27(30)36-22/h8-15,24,31H,6-7H2,1-5H3/b22-15+/t24-/m0/s1. The Balaban J connectivity index is 1.90. The SMILES string of the molecule is CCOC(=O)C1=C(C)N=c2s/c(=C/c3ccc(O)c(OCC)c3)c(=O)n2[C@H]1c1ccc(N(C)C)cc1. The largest absolute Gasteiger partial charge is 0.504 e. The molecule has 0 spiro atoms. The molecule has 0 aliphatic carbocycles. The van der Waals surface area contributed by atoms with E-state index in [1.54, 1.807) is 36.6 Å². The van der Waals surface area contributed by atoms with Crippen molar-refractivity contribution in [2.75, 3.05) is 32.2 Å². The fourth-order valence-corrected chi connectivity index (χ4v) is 5.15. The zero-order chi connectivity index (χ0) is 26.0. The molecule has 1 N–H and O–H groups in total. The van der Waals surface area contributed by atoms with Gasteiger partial charge in [-0.3, -0.25) is 9.36 Å². The second-order valence-corrected chi connectivity index (χ2v) is 9.46. The zero-order valence-corrected chi connectivity index (χ0v) is 21.8. The number of nitrogens with zero attached hydrogens (tertiary/aromatic N) is 3. The minimum Gasteiger partial charge on any atom is -0.504 e. The summed E-state index contributed by atoms with van der Waals surface area (Å²) >= 11 is 1.25. The van der Waals surface area contributed by atoms with Crippen LogP contribution in [0.3, 0.4) is 0 Å². The van der Waals surface area contributed by atoms with E-state index in [-0.39, 0.29) is 17.9 Å². The summed E-state index contributed by atoms with van der Waals surface area (Å²) in [5, 5.41) is 10.0. The Morgan fingerprint density at radius 2 is 1.89 bits per heavy atom. The van der Waals surface area contributed by atoms with Crippen LogP contribution in [0.5, 0.6) is 11.5 Å². The monoisotopic (exact) mass is 507 g/mol. The van der Waals surface area contributed by atoms with E-state index in [1.165, 1.54) is 17.4 Å². The Kier molecular flexibility index (Phi) is 7.30. The number of benzene rings is 2. The molecule has 9 heteroatoms. The van der Waals surface area contributed by atoms with E-state index in [0.717, 1.165) is 11.3 Å². The third kappa shape index (κ3) is 4.79. The van der Waals surface area contributed by atoms with E-state index in [1.807, 2.05) is 50.2 Å². The van der Waals surface area contributed by atoms with E-state index >= 15 is 0 Å². The Labute approximate surface area is 213 Å². The van der Waals surface area contributed by atoms with Gasteiger partial charge in [0, 0.05) is 19.8 Å². The number of rotatable bonds is 7. The molecule has 1 aliphatic heterocycles. The number of carbonyl (C=O) groups is 1. The Hall–Kier alpha value is -3.85. The molecule has 1 aliphatic rings. The van der Waals surface area contributed by atoms with Crippen LogP contribution in [0.1, 0.15) is 37.9 Å². The summed E-state index contributed by atoms with van der Waals surface area (Å²) in [4.78, 5) is 33.8. The molecule has 0 unspecified atom stereocenters. The van der Waals surface area contributed by atoms with Crippen molar-refractivity contribution in [3.63, 3.8) is 0 Å². The highest BCUT2D eigenvalue weighted by Gasteiger charge is 2.33. The van der Waals surface area contributed by atoms with Gasteiger partial charge in [0.15, 0.2) is 16.3 Å². The van der Waals surface area contributed by atoms with Crippen molar-refractivity contribution >= 4 is 29.1 Å². The molecule has 8 nitrogen and oxygen atoms in total. The first-order valence-electron chi connectivity index (χ1n) is 11.7. The number of hydrogen-bond donors (Lipinski definition) is 1. The second-order valence-electron chi connectivity index (χ2n) is 8.45. The van der Waals surface area contributed by atoms with Crippen molar-refractivity contribution in [3.05, 3.63) is 84.5 Å². The highest BCUT2D eigenvalue weighted by molar-refractivity contribution is 7.07. The van der Waals surface area contributed by atoms with Crippen molar-refractivity contribution in [2.45, 2.75) is 26.8 Å². The molecule has 1 aromatic heterocycles. The third-order valence-corrected chi connectivity index (χ3v) is 6.81. The lowest BCUT2D eigenvalue weighted by atomic mass is 9.95. The van der Waals surface area contributed by atoms with Crippen molar-refractivity contribution in [3.8, 4) is 11.5 Å². The maximum Gasteiger partial charge on any atom is 0.338 e. The summed E-state index contributed by atoms with van der Waals surface area (Å²) in [5.41, 5.74) is 3.09. The predicted molar refractivity (Wildman–Crippen MR) is 140 cm³/mol. The number of carbonyl (C=O) groups excluding carboxylic acids is 1. The van der Waals surface area contributed by atoms with E-state index in [4.69, 9.17) is 9.47 Å². The van der Waals surface area contributed by atoms with Crippen LogP contribution in [0.25, 0.3) is 6.08 Å².